The molecule has 188 valence electrons. The van der Waals surface area contributed by atoms with Gasteiger partial charge in [0, 0.05) is 34.8 Å². The van der Waals surface area contributed by atoms with Crippen LogP contribution in [0.3, 0.4) is 0 Å². The molecule has 6 rings (SSSR count). The van der Waals surface area contributed by atoms with E-state index in [9.17, 15) is 14.4 Å². The molecule has 2 atom stereocenters. The molecule has 2 heterocycles. The largest absolute Gasteiger partial charge is 0.493 e. The summed E-state index contributed by atoms with van der Waals surface area (Å²) in [5, 5.41) is 2.96. The molecule has 1 N–H and O–H groups in total. The number of rotatable bonds is 4. The second kappa shape index (κ2) is 7.91. The maximum atomic E-state index is 14.6. The van der Waals surface area contributed by atoms with Crippen LogP contribution in [0, 0.1) is 5.41 Å². The molecule has 0 radical (unpaired) electrons. The van der Waals surface area contributed by atoms with Crippen LogP contribution in [0.1, 0.15) is 37.8 Å². The summed E-state index contributed by atoms with van der Waals surface area (Å²) in [4.78, 5) is 45.1. The predicted octanol–water partition coefficient (Wildman–Crippen LogP) is 3.65. The highest BCUT2D eigenvalue weighted by Gasteiger charge is 2.78. The van der Waals surface area contributed by atoms with Crippen LogP contribution in [-0.2, 0) is 10.3 Å². The molecule has 37 heavy (non-hydrogen) atoms. The monoisotopic (exact) mass is 498 g/mol. The van der Waals surface area contributed by atoms with Gasteiger partial charge < -0.3 is 19.5 Å². The topological polar surface area (TPSA) is 94.2 Å². The van der Waals surface area contributed by atoms with Crippen LogP contribution in [0.4, 0.5) is 5.69 Å². The first-order valence-electron chi connectivity index (χ1n) is 12.0. The van der Waals surface area contributed by atoms with E-state index in [4.69, 9.17) is 14.2 Å². The molecule has 1 saturated heterocycles. The van der Waals surface area contributed by atoms with E-state index < -0.39 is 16.9 Å². The summed E-state index contributed by atoms with van der Waals surface area (Å²) in [6.45, 7) is 0.270. The van der Waals surface area contributed by atoms with Gasteiger partial charge in [-0.1, -0.05) is 42.5 Å². The number of benzene rings is 3. The number of ether oxygens (including phenoxy) is 3. The van der Waals surface area contributed by atoms with Crippen molar-refractivity contribution in [1.29, 1.82) is 0 Å². The van der Waals surface area contributed by atoms with Gasteiger partial charge in [-0.05, 0) is 30.8 Å². The molecule has 3 aliphatic rings. The lowest BCUT2D eigenvalue weighted by molar-refractivity contribution is -0.128. The number of hydrogen-bond donors (Lipinski definition) is 1. The van der Waals surface area contributed by atoms with Crippen molar-refractivity contribution in [3.63, 3.8) is 0 Å². The molecule has 8 nitrogen and oxygen atoms in total. The highest BCUT2D eigenvalue weighted by molar-refractivity contribution is 6.34. The van der Waals surface area contributed by atoms with E-state index in [0.29, 0.717) is 45.2 Å². The van der Waals surface area contributed by atoms with Crippen LogP contribution in [-0.4, -0.2) is 57.3 Å². The van der Waals surface area contributed by atoms with Crippen molar-refractivity contribution in [2.24, 2.45) is 5.41 Å². The Morgan fingerprint density at radius 3 is 1.97 bits per heavy atom. The second-order valence-electron chi connectivity index (χ2n) is 9.61. The number of likely N-dealkylation sites (N-methyl/N-ethyl adjacent to an activating group) is 1. The molecule has 0 bridgehead atoms. The predicted molar refractivity (Wildman–Crippen MR) is 136 cm³/mol. The number of anilines is 1. The second-order valence-corrected chi connectivity index (χ2v) is 9.61. The van der Waals surface area contributed by atoms with Crippen LogP contribution in [0.15, 0.2) is 60.7 Å². The van der Waals surface area contributed by atoms with Gasteiger partial charge in [0.05, 0.1) is 21.3 Å². The van der Waals surface area contributed by atoms with Crippen LogP contribution in [0.25, 0.3) is 0 Å². The molecular weight excluding hydrogens is 472 g/mol. The number of para-hydroxylation sites is 1. The van der Waals surface area contributed by atoms with Gasteiger partial charge in [0.25, 0.3) is 5.91 Å². The zero-order valence-electron chi connectivity index (χ0n) is 21.0. The third-order valence-electron chi connectivity index (χ3n) is 8.24. The van der Waals surface area contributed by atoms with Crippen LogP contribution in [0.5, 0.6) is 17.2 Å². The molecule has 1 fully saturated rings. The minimum atomic E-state index is -1.74. The number of nitrogens with zero attached hydrogens (tertiary/aromatic N) is 1. The minimum absolute atomic E-state index is 0.270. The van der Waals surface area contributed by atoms with E-state index in [1.165, 1.54) is 21.3 Å². The molecule has 3 aromatic rings. The Labute approximate surface area is 214 Å². The number of carbonyl (C=O) groups excluding carboxylic acids is 3. The van der Waals surface area contributed by atoms with Crippen molar-refractivity contribution in [2.45, 2.75) is 11.5 Å². The third-order valence-corrected chi connectivity index (χ3v) is 8.24. The standard InChI is InChI=1S/C29H26N2O6/c1-31-15-20(16-13-22(35-2)24(37-4)23(14-16)36-3)28(25(32)17-9-5-6-10-18(17)26(28)33)29(31)19-11-7-8-12-21(19)30-27(29)34/h5-14,20H,15H2,1-4H3,(H,30,34)/t20-,29-/m0/s1. The summed E-state index contributed by atoms with van der Waals surface area (Å²) in [7, 11) is 6.34. The molecule has 3 aromatic carbocycles. The first kappa shape index (κ1) is 23.2. The number of Topliss-reactive ketones (excluding diaryl/α,β-unsaturated/α-hetero) is 2. The van der Waals surface area contributed by atoms with Crippen molar-refractivity contribution >= 4 is 23.2 Å². The molecule has 2 aliphatic heterocycles. The number of hydrogen-bond acceptors (Lipinski definition) is 7. The van der Waals surface area contributed by atoms with Gasteiger partial charge in [0.15, 0.2) is 23.1 Å². The average molecular weight is 499 g/mol. The lowest BCUT2D eigenvalue weighted by atomic mass is 9.58. The Bertz CT molecular complexity index is 1440. The SMILES string of the molecule is COc1cc([C@@H]2CN(C)[C@@]3(C(=O)Nc4ccccc43)C23C(=O)c2ccccc2C3=O)cc(OC)c1OC. The Kier molecular flexibility index (Phi) is 4.97. The number of fused-ring (bicyclic) bond motifs is 4. The lowest BCUT2D eigenvalue weighted by Gasteiger charge is -2.42. The van der Waals surface area contributed by atoms with E-state index in [0.717, 1.165) is 0 Å². The number of amides is 1. The highest BCUT2D eigenvalue weighted by atomic mass is 16.5. The number of likely N-dealkylation sites (tertiary alicyclic amines) is 1. The third kappa shape index (κ3) is 2.58. The molecule has 0 saturated carbocycles. The molecule has 0 unspecified atom stereocenters. The van der Waals surface area contributed by atoms with Crippen molar-refractivity contribution < 1.29 is 28.6 Å². The Morgan fingerprint density at radius 1 is 0.838 bits per heavy atom. The van der Waals surface area contributed by atoms with Crippen molar-refractivity contribution in [1.82, 2.24) is 4.90 Å². The Morgan fingerprint density at radius 2 is 1.41 bits per heavy atom. The lowest BCUT2D eigenvalue weighted by Crippen LogP contribution is -2.60. The van der Waals surface area contributed by atoms with Gasteiger partial charge in [-0.25, -0.2) is 0 Å². The fourth-order valence-electron chi connectivity index (χ4n) is 6.82. The van der Waals surface area contributed by atoms with E-state index in [-0.39, 0.29) is 24.0 Å². The fourth-order valence-corrected chi connectivity index (χ4v) is 6.82. The van der Waals surface area contributed by atoms with E-state index in [1.807, 2.05) is 23.1 Å². The zero-order valence-corrected chi connectivity index (χ0v) is 21.0. The zero-order chi connectivity index (χ0) is 26.1. The highest BCUT2D eigenvalue weighted by Crippen LogP contribution is 2.66. The smallest absolute Gasteiger partial charge is 0.251 e. The number of carbonyl (C=O) groups is 3. The molecule has 8 heteroatoms. The van der Waals surface area contributed by atoms with Gasteiger partial charge >= 0.3 is 0 Å². The van der Waals surface area contributed by atoms with Crippen molar-refractivity contribution in [3.05, 3.63) is 82.9 Å². The van der Waals surface area contributed by atoms with Gasteiger partial charge in [-0.3, -0.25) is 19.3 Å². The van der Waals surface area contributed by atoms with Gasteiger partial charge in [0.2, 0.25) is 5.75 Å². The summed E-state index contributed by atoms with van der Waals surface area (Å²) in [6.07, 6.45) is 0. The van der Waals surface area contributed by atoms with Crippen LogP contribution >= 0.6 is 0 Å². The molecule has 1 amide bonds. The average Bonchev–Trinajstić information content (AvgIpc) is 3.47. The summed E-state index contributed by atoms with van der Waals surface area (Å²) in [5.74, 6) is -0.577. The molecule has 1 aliphatic carbocycles. The maximum absolute atomic E-state index is 14.6. The van der Waals surface area contributed by atoms with Crippen molar-refractivity contribution in [2.75, 3.05) is 40.2 Å². The van der Waals surface area contributed by atoms with Crippen LogP contribution < -0.4 is 19.5 Å². The van der Waals surface area contributed by atoms with E-state index in [2.05, 4.69) is 5.32 Å². The molecule has 0 aromatic heterocycles. The molecule has 2 spiro atoms. The summed E-state index contributed by atoms with van der Waals surface area (Å²) < 4.78 is 16.7. The van der Waals surface area contributed by atoms with Crippen molar-refractivity contribution in [3.8, 4) is 17.2 Å². The first-order valence-corrected chi connectivity index (χ1v) is 12.0. The Hall–Kier alpha value is -4.17. The fraction of sp³-hybridized carbons (Fsp3) is 0.276. The van der Waals surface area contributed by atoms with Gasteiger partial charge in [-0.2, -0.15) is 0 Å². The minimum Gasteiger partial charge on any atom is -0.493 e. The first-order chi connectivity index (χ1) is 17.9. The van der Waals surface area contributed by atoms with E-state index >= 15 is 0 Å². The number of methoxy groups -OCH3 is 3. The number of ketones is 2. The van der Waals surface area contributed by atoms with Crippen LogP contribution in [0.2, 0.25) is 0 Å². The molecular formula is C29H26N2O6. The van der Waals surface area contributed by atoms with Gasteiger partial charge in [-0.15, -0.1) is 0 Å². The Balaban J connectivity index is 1.70. The summed E-state index contributed by atoms with van der Waals surface area (Å²) >= 11 is 0. The summed E-state index contributed by atoms with van der Waals surface area (Å²) in [6, 6.07) is 17.6. The maximum Gasteiger partial charge on any atom is 0.251 e. The van der Waals surface area contributed by atoms with E-state index in [1.54, 1.807) is 49.5 Å². The number of nitrogens with one attached hydrogen (secondary N) is 1. The normalized spacial score (nSPS) is 23.4. The summed E-state index contributed by atoms with van der Waals surface area (Å²) in [5.41, 5.74) is -0.763. The quantitative estimate of drug-likeness (QED) is 0.549. The van der Waals surface area contributed by atoms with Gasteiger partial charge in [0.1, 0.15) is 11.0 Å².